The van der Waals surface area contributed by atoms with Crippen LogP contribution < -0.4 is 5.32 Å². The molecule has 18 heavy (non-hydrogen) atoms. The molecule has 0 aromatic heterocycles. The fourth-order valence-corrected chi connectivity index (χ4v) is 3.48. The molecule has 5 heteroatoms. The highest BCUT2D eigenvalue weighted by Gasteiger charge is 2.54. The van der Waals surface area contributed by atoms with E-state index in [1.165, 1.54) is 0 Å². The number of ether oxygens (including phenoxy) is 1. The minimum Gasteiger partial charge on any atom is -0.383 e. The van der Waals surface area contributed by atoms with Crippen molar-refractivity contribution in [1.29, 1.82) is 5.41 Å². The Labute approximate surface area is 108 Å². The van der Waals surface area contributed by atoms with Crippen LogP contribution in [0, 0.1) is 17.2 Å². The van der Waals surface area contributed by atoms with Gasteiger partial charge in [-0.1, -0.05) is 13.8 Å². The van der Waals surface area contributed by atoms with Crippen molar-refractivity contribution in [2.45, 2.75) is 38.6 Å². The Morgan fingerprint density at radius 2 is 2.28 bits per heavy atom. The standard InChI is InChI=1S/C13H23N3O2/c1-9-4-5-13(10(2)8-9)11(14)15-12(17)16(13)6-7-18-3/h9-10H,4-8H2,1-3H3,(H2,14,15,17). The second-order valence-electron chi connectivity index (χ2n) is 5.65. The number of urea groups is 1. The maximum Gasteiger partial charge on any atom is 0.323 e. The molecule has 1 aliphatic heterocycles. The van der Waals surface area contributed by atoms with E-state index in [1.54, 1.807) is 7.11 Å². The molecule has 1 saturated heterocycles. The molecule has 1 saturated carbocycles. The number of amidine groups is 1. The second kappa shape index (κ2) is 4.88. The maximum absolute atomic E-state index is 12.0. The van der Waals surface area contributed by atoms with E-state index < -0.39 is 5.54 Å². The number of nitrogens with one attached hydrogen (secondary N) is 2. The quantitative estimate of drug-likeness (QED) is 0.806. The van der Waals surface area contributed by atoms with Gasteiger partial charge in [0.15, 0.2) is 0 Å². The third kappa shape index (κ3) is 1.90. The number of hydrogen-bond acceptors (Lipinski definition) is 3. The van der Waals surface area contributed by atoms with Crippen molar-refractivity contribution in [3.05, 3.63) is 0 Å². The first-order chi connectivity index (χ1) is 8.52. The molecule has 3 atom stereocenters. The molecule has 2 rings (SSSR count). The zero-order chi connectivity index (χ0) is 13.3. The number of nitrogens with zero attached hydrogens (tertiary/aromatic N) is 1. The number of carbonyl (C=O) groups is 1. The highest BCUT2D eigenvalue weighted by molar-refractivity contribution is 6.08. The Kier molecular flexibility index (Phi) is 3.61. The highest BCUT2D eigenvalue weighted by Crippen LogP contribution is 2.43. The molecule has 1 aliphatic carbocycles. The molecule has 2 N–H and O–H groups in total. The smallest absolute Gasteiger partial charge is 0.323 e. The van der Waals surface area contributed by atoms with Crippen molar-refractivity contribution in [2.24, 2.45) is 11.8 Å². The van der Waals surface area contributed by atoms with Gasteiger partial charge in [-0.3, -0.25) is 10.7 Å². The zero-order valence-corrected chi connectivity index (χ0v) is 11.5. The lowest BCUT2D eigenvalue weighted by Crippen LogP contribution is -2.57. The van der Waals surface area contributed by atoms with Gasteiger partial charge in [-0.15, -0.1) is 0 Å². The molecular formula is C13H23N3O2. The summed E-state index contributed by atoms with van der Waals surface area (Å²) in [6, 6.07) is -0.140. The van der Waals surface area contributed by atoms with Crippen LogP contribution in [0.1, 0.15) is 33.1 Å². The van der Waals surface area contributed by atoms with Gasteiger partial charge in [-0.25, -0.2) is 4.79 Å². The summed E-state index contributed by atoms with van der Waals surface area (Å²) < 4.78 is 5.09. The molecule has 5 nitrogen and oxygen atoms in total. The molecule has 1 spiro atoms. The fourth-order valence-electron chi connectivity index (χ4n) is 3.48. The van der Waals surface area contributed by atoms with Gasteiger partial charge in [0.2, 0.25) is 0 Å². The van der Waals surface area contributed by atoms with E-state index in [2.05, 4.69) is 19.2 Å². The van der Waals surface area contributed by atoms with Gasteiger partial charge in [0.25, 0.3) is 0 Å². The topological polar surface area (TPSA) is 65.4 Å². The van der Waals surface area contributed by atoms with E-state index in [-0.39, 0.29) is 6.03 Å². The van der Waals surface area contributed by atoms with E-state index in [4.69, 9.17) is 10.1 Å². The van der Waals surface area contributed by atoms with Gasteiger partial charge < -0.3 is 9.64 Å². The van der Waals surface area contributed by atoms with Crippen LogP contribution in [0.4, 0.5) is 4.79 Å². The summed E-state index contributed by atoms with van der Waals surface area (Å²) >= 11 is 0. The Morgan fingerprint density at radius 3 is 2.89 bits per heavy atom. The van der Waals surface area contributed by atoms with Crippen LogP contribution in [0.15, 0.2) is 0 Å². The van der Waals surface area contributed by atoms with E-state index in [1.807, 2.05) is 4.90 Å². The highest BCUT2D eigenvalue weighted by atomic mass is 16.5. The van der Waals surface area contributed by atoms with Gasteiger partial charge >= 0.3 is 6.03 Å². The van der Waals surface area contributed by atoms with Gasteiger partial charge in [0, 0.05) is 13.7 Å². The normalized spacial score (nSPS) is 36.3. The van der Waals surface area contributed by atoms with Gasteiger partial charge in [-0.2, -0.15) is 0 Å². The van der Waals surface area contributed by atoms with E-state index in [0.717, 1.165) is 19.3 Å². The Balaban J connectivity index is 2.25. The number of hydrogen-bond donors (Lipinski definition) is 2. The summed E-state index contributed by atoms with van der Waals surface area (Å²) in [5, 5.41) is 10.9. The van der Waals surface area contributed by atoms with Crippen molar-refractivity contribution in [3.63, 3.8) is 0 Å². The van der Waals surface area contributed by atoms with E-state index >= 15 is 0 Å². The monoisotopic (exact) mass is 253 g/mol. The van der Waals surface area contributed by atoms with E-state index in [0.29, 0.717) is 30.8 Å². The molecule has 3 unspecified atom stereocenters. The van der Waals surface area contributed by atoms with Crippen LogP contribution in [-0.4, -0.2) is 42.6 Å². The summed E-state index contributed by atoms with van der Waals surface area (Å²) in [5.74, 6) is 1.38. The second-order valence-corrected chi connectivity index (χ2v) is 5.65. The Hall–Kier alpha value is -1.10. The summed E-state index contributed by atoms with van der Waals surface area (Å²) in [7, 11) is 1.64. The van der Waals surface area contributed by atoms with E-state index in [9.17, 15) is 4.79 Å². The van der Waals surface area contributed by atoms with Crippen LogP contribution in [0.5, 0.6) is 0 Å². The molecule has 2 fully saturated rings. The summed E-state index contributed by atoms with van der Waals surface area (Å²) in [5.41, 5.74) is -0.415. The van der Waals surface area contributed by atoms with Gasteiger partial charge in [0.05, 0.1) is 6.61 Å². The summed E-state index contributed by atoms with van der Waals surface area (Å²) in [6.07, 6.45) is 3.03. The van der Waals surface area contributed by atoms with Crippen LogP contribution >= 0.6 is 0 Å². The van der Waals surface area contributed by atoms with Crippen LogP contribution in [-0.2, 0) is 4.74 Å². The molecule has 0 bridgehead atoms. The van der Waals surface area contributed by atoms with Crippen molar-refractivity contribution in [2.75, 3.05) is 20.3 Å². The average molecular weight is 253 g/mol. The fraction of sp³-hybridized carbons (Fsp3) is 0.846. The van der Waals surface area contributed by atoms with Crippen LogP contribution in [0.2, 0.25) is 0 Å². The first-order valence-corrected chi connectivity index (χ1v) is 6.69. The number of methoxy groups -OCH3 is 1. The molecule has 0 radical (unpaired) electrons. The lowest BCUT2D eigenvalue weighted by molar-refractivity contribution is 0.0656. The maximum atomic E-state index is 12.0. The average Bonchev–Trinajstić information content (AvgIpc) is 2.54. The van der Waals surface area contributed by atoms with Crippen LogP contribution in [0.25, 0.3) is 0 Å². The predicted molar refractivity (Wildman–Crippen MR) is 69.8 cm³/mol. The van der Waals surface area contributed by atoms with Crippen molar-refractivity contribution in [3.8, 4) is 0 Å². The largest absolute Gasteiger partial charge is 0.383 e. The minimum absolute atomic E-state index is 0.140. The lowest BCUT2D eigenvalue weighted by Gasteiger charge is -2.46. The minimum atomic E-state index is -0.415. The number of carbonyl (C=O) groups excluding carboxylic acids is 1. The van der Waals surface area contributed by atoms with Crippen molar-refractivity contribution in [1.82, 2.24) is 10.2 Å². The summed E-state index contributed by atoms with van der Waals surface area (Å²) in [4.78, 5) is 13.8. The van der Waals surface area contributed by atoms with Crippen molar-refractivity contribution < 1.29 is 9.53 Å². The van der Waals surface area contributed by atoms with Crippen molar-refractivity contribution >= 4 is 11.9 Å². The first-order valence-electron chi connectivity index (χ1n) is 6.69. The number of amides is 2. The third-order valence-corrected chi connectivity index (χ3v) is 4.50. The molecule has 2 amide bonds. The Morgan fingerprint density at radius 1 is 1.56 bits per heavy atom. The van der Waals surface area contributed by atoms with Crippen LogP contribution in [0.3, 0.4) is 0 Å². The Bertz CT molecular complexity index is 358. The molecule has 0 aromatic rings. The van der Waals surface area contributed by atoms with Gasteiger partial charge in [-0.05, 0) is 31.1 Å². The van der Waals surface area contributed by atoms with Gasteiger partial charge in [0.1, 0.15) is 11.4 Å². The lowest BCUT2D eigenvalue weighted by atomic mass is 9.69. The zero-order valence-electron chi connectivity index (χ0n) is 11.5. The number of rotatable bonds is 3. The first kappa shape index (κ1) is 13.3. The molecule has 0 aromatic carbocycles. The predicted octanol–water partition coefficient (Wildman–Crippen LogP) is 1.83. The summed E-state index contributed by atoms with van der Waals surface area (Å²) in [6.45, 7) is 5.48. The molecule has 1 heterocycles. The molecule has 102 valence electrons. The molecule has 2 aliphatic rings. The SMILES string of the molecule is COCCN1C(=O)NC(=N)C12CCC(C)CC2C. The molecular weight excluding hydrogens is 230 g/mol. The third-order valence-electron chi connectivity index (χ3n) is 4.50.